The molecule has 1 aliphatic rings. The average molecular weight is 422 g/mol. The van der Waals surface area contributed by atoms with Crippen molar-refractivity contribution in [3.8, 4) is 17.2 Å². The third-order valence-electron chi connectivity index (χ3n) is 5.55. The second-order valence-electron chi connectivity index (χ2n) is 7.52. The number of phenolic OH excluding ortho intramolecular Hbond substituents is 1. The number of hydrogen-bond acceptors (Lipinski definition) is 5. The van der Waals surface area contributed by atoms with Crippen molar-refractivity contribution in [2.75, 3.05) is 18.0 Å². The number of piperidine rings is 1. The molecule has 1 saturated heterocycles. The van der Waals surface area contributed by atoms with Gasteiger partial charge in [-0.3, -0.25) is 0 Å². The Labute approximate surface area is 177 Å². The summed E-state index contributed by atoms with van der Waals surface area (Å²) in [6, 6.07) is 18.3. The number of aromatic hydroxyl groups is 1. The van der Waals surface area contributed by atoms with E-state index in [0.717, 1.165) is 43.4 Å². The van der Waals surface area contributed by atoms with Crippen molar-refractivity contribution >= 4 is 16.7 Å². The average Bonchev–Trinajstić information content (AvgIpc) is 3.23. The summed E-state index contributed by atoms with van der Waals surface area (Å²) in [5.41, 5.74) is 1.59. The monoisotopic (exact) mass is 422 g/mol. The molecule has 1 aliphatic heterocycles. The maximum atomic E-state index is 14.4. The van der Waals surface area contributed by atoms with Crippen LogP contribution in [0.5, 0.6) is 11.5 Å². The minimum atomic E-state index is -1.08. The molecule has 6 nitrogen and oxygen atoms in total. The van der Waals surface area contributed by atoms with Gasteiger partial charge in [0.15, 0.2) is 17.4 Å². The molecule has 0 saturated carbocycles. The number of aromatic nitrogens is 3. The standard InChI is InChI=1S/C23H20F2N4O2/c24-19-14-20-22(21(25)23(19)30)29(27-26-20)16-8-6-15(7-9-16)28-12-10-18(11-13-28)31-17-4-2-1-3-5-17/h1-9,14,18,30H,10-13H2. The second-order valence-corrected chi connectivity index (χ2v) is 7.52. The van der Waals surface area contributed by atoms with E-state index < -0.39 is 17.4 Å². The van der Waals surface area contributed by atoms with Crippen LogP contribution in [-0.4, -0.2) is 39.3 Å². The van der Waals surface area contributed by atoms with Gasteiger partial charge in [-0.05, 0) is 36.4 Å². The predicted molar refractivity (Wildman–Crippen MR) is 113 cm³/mol. The van der Waals surface area contributed by atoms with Crippen LogP contribution in [0, 0.1) is 11.6 Å². The minimum absolute atomic E-state index is 0.0392. The Balaban J connectivity index is 1.30. The number of halogens is 2. The summed E-state index contributed by atoms with van der Waals surface area (Å²) < 4.78 is 35.2. The number of ether oxygens (including phenoxy) is 1. The number of nitrogens with zero attached hydrogens (tertiary/aromatic N) is 4. The molecule has 2 heterocycles. The second kappa shape index (κ2) is 7.86. The first-order valence-corrected chi connectivity index (χ1v) is 10.1. The Morgan fingerprint density at radius 1 is 0.935 bits per heavy atom. The van der Waals surface area contributed by atoms with Crippen LogP contribution in [0.2, 0.25) is 0 Å². The van der Waals surface area contributed by atoms with E-state index in [4.69, 9.17) is 4.74 Å². The van der Waals surface area contributed by atoms with Gasteiger partial charge in [0, 0.05) is 37.7 Å². The first-order valence-electron chi connectivity index (χ1n) is 10.1. The zero-order valence-electron chi connectivity index (χ0n) is 16.6. The molecule has 5 rings (SSSR count). The van der Waals surface area contributed by atoms with Crippen LogP contribution in [0.4, 0.5) is 14.5 Å². The highest BCUT2D eigenvalue weighted by Crippen LogP contribution is 2.30. The summed E-state index contributed by atoms with van der Waals surface area (Å²) in [5, 5.41) is 17.3. The van der Waals surface area contributed by atoms with Crippen molar-refractivity contribution in [1.82, 2.24) is 15.0 Å². The molecular formula is C23H20F2N4O2. The topological polar surface area (TPSA) is 63.4 Å². The van der Waals surface area contributed by atoms with E-state index in [1.165, 1.54) is 4.68 Å². The van der Waals surface area contributed by atoms with Crippen molar-refractivity contribution in [2.24, 2.45) is 0 Å². The van der Waals surface area contributed by atoms with E-state index >= 15 is 0 Å². The van der Waals surface area contributed by atoms with Crippen LogP contribution >= 0.6 is 0 Å². The molecule has 8 heteroatoms. The number of anilines is 1. The van der Waals surface area contributed by atoms with Crippen molar-refractivity contribution in [1.29, 1.82) is 0 Å². The molecule has 3 aromatic carbocycles. The number of hydrogen-bond donors (Lipinski definition) is 1. The molecule has 4 aromatic rings. The van der Waals surface area contributed by atoms with Gasteiger partial charge in [0.05, 0.1) is 5.69 Å². The van der Waals surface area contributed by atoms with Crippen molar-refractivity contribution in [3.05, 3.63) is 72.3 Å². The Morgan fingerprint density at radius 2 is 1.61 bits per heavy atom. The number of benzene rings is 3. The SMILES string of the molecule is Oc1c(F)cc2nnn(-c3ccc(N4CCC(Oc5ccccc5)CC4)cc3)c2c1F. The van der Waals surface area contributed by atoms with Gasteiger partial charge in [-0.2, -0.15) is 0 Å². The Bertz CT molecular complexity index is 1200. The smallest absolute Gasteiger partial charge is 0.195 e. The number of para-hydroxylation sites is 1. The molecule has 0 bridgehead atoms. The molecule has 31 heavy (non-hydrogen) atoms. The highest BCUT2D eigenvalue weighted by atomic mass is 19.1. The number of phenols is 1. The van der Waals surface area contributed by atoms with Gasteiger partial charge in [-0.1, -0.05) is 23.4 Å². The Morgan fingerprint density at radius 3 is 2.32 bits per heavy atom. The van der Waals surface area contributed by atoms with Gasteiger partial charge in [-0.15, -0.1) is 5.10 Å². The summed E-state index contributed by atoms with van der Waals surface area (Å²) in [4.78, 5) is 2.27. The van der Waals surface area contributed by atoms with Crippen molar-refractivity contribution < 1.29 is 18.6 Å². The lowest BCUT2D eigenvalue weighted by molar-refractivity contribution is 0.171. The first kappa shape index (κ1) is 19.3. The van der Waals surface area contributed by atoms with Crippen LogP contribution in [-0.2, 0) is 0 Å². The fourth-order valence-corrected chi connectivity index (χ4v) is 3.91. The van der Waals surface area contributed by atoms with E-state index in [0.29, 0.717) is 5.69 Å². The van der Waals surface area contributed by atoms with Gasteiger partial charge >= 0.3 is 0 Å². The van der Waals surface area contributed by atoms with Gasteiger partial charge < -0.3 is 14.7 Å². The predicted octanol–water partition coefficient (Wildman–Crippen LogP) is 4.45. The van der Waals surface area contributed by atoms with Gasteiger partial charge in [-0.25, -0.2) is 13.5 Å². The third-order valence-corrected chi connectivity index (χ3v) is 5.55. The van der Waals surface area contributed by atoms with Crippen LogP contribution in [0.25, 0.3) is 16.7 Å². The molecule has 0 aliphatic carbocycles. The molecule has 158 valence electrons. The normalized spacial score (nSPS) is 14.8. The first-order chi connectivity index (χ1) is 15.1. The maximum absolute atomic E-state index is 14.4. The molecular weight excluding hydrogens is 402 g/mol. The Hall–Kier alpha value is -3.68. The molecule has 1 N–H and O–H groups in total. The summed E-state index contributed by atoms with van der Waals surface area (Å²) in [5.74, 6) is -2.28. The number of fused-ring (bicyclic) bond motifs is 1. The molecule has 1 fully saturated rings. The van der Waals surface area contributed by atoms with E-state index in [1.807, 2.05) is 42.5 Å². The molecule has 0 unspecified atom stereocenters. The number of rotatable bonds is 4. The van der Waals surface area contributed by atoms with Gasteiger partial charge in [0.2, 0.25) is 0 Å². The van der Waals surface area contributed by atoms with Crippen LogP contribution < -0.4 is 9.64 Å². The fourth-order valence-electron chi connectivity index (χ4n) is 3.91. The summed E-state index contributed by atoms with van der Waals surface area (Å²) in [6.07, 6.45) is 2.02. The molecule has 0 spiro atoms. The zero-order chi connectivity index (χ0) is 21.4. The highest BCUT2D eigenvalue weighted by Gasteiger charge is 2.22. The summed E-state index contributed by atoms with van der Waals surface area (Å²) in [6.45, 7) is 1.73. The van der Waals surface area contributed by atoms with Crippen LogP contribution in [0.15, 0.2) is 60.7 Å². The van der Waals surface area contributed by atoms with Gasteiger partial charge in [0.1, 0.15) is 22.9 Å². The van der Waals surface area contributed by atoms with Crippen LogP contribution in [0.1, 0.15) is 12.8 Å². The van der Waals surface area contributed by atoms with Crippen molar-refractivity contribution in [3.63, 3.8) is 0 Å². The highest BCUT2D eigenvalue weighted by molar-refractivity contribution is 5.79. The van der Waals surface area contributed by atoms with E-state index in [9.17, 15) is 13.9 Å². The molecule has 0 amide bonds. The van der Waals surface area contributed by atoms with E-state index in [-0.39, 0.29) is 17.1 Å². The molecule has 0 atom stereocenters. The lowest BCUT2D eigenvalue weighted by Gasteiger charge is -2.33. The Kier molecular flexibility index (Phi) is 4.89. The third kappa shape index (κ3) is 3.65. The lowest BCUT2D eigenvalue weighted by atomic mass is 10.1. The van der Waals surface area contributed by atoms with E-state index in [1.54, 1.807) is 12.1 Å². The maximum Gasteiger partial charge on any atom is 0.195 e. The quantitative estimate of drug-likeness (QED) is 0.526. The lowest BCUT2D eigenvalue weighted by Crippen LogP contribution is -2.38. The van der Waals surface area contributed by atoms with E-state index in [2.05, 4.69) is 15.2 Å². The fraction of sp³-hybridized carbons (Fsp3) is 0.217. The van der Waals surface area contributed by atoms with Crippen molar-refractivity contribution in [2.45, 2.75) is 18.9 Å². The molecule has 1 aromatic heterocycles. The van der Waals surface area contributed by atoms with Gasteiger partial charge in [0.25, 0.3) is 0 Å². The van der Waals surface area contributed by atoms with Crippen LogP contribution in [0.3, 0.4) is 0 Å². The largest absolute Gasteiger partial charge is 0.503 e. The summed E-state index contributed by atoms with van der Waals surface area (Å²) >= 11 is 0. The molecule has 0 radical (unpaired) electrons. The summed E-state index contributed by atoms with van der Waals surface area (Å²) in [7, 11) is 0. The minimum Gasteiger partial charge on any atom is -0.503 e. The zero-order valence-corrected chi connectivity index (χ0v) is 16.6.